The Bertz CT molecular complexity index is 1090. The first-order valence-corrected chi connectivity index (χ1v) is 12.1. The maximum absolute atomic E-state index is 10.4. The van der Waals surface area contributed by atoms with E-state index in [1.54, 1.807) is 12.1 Å². The summed E-state index contributed by atoms with van der Waals surface area (Å²) in [6, 6.07) is 11.7. The zero-order valence-electron chi connectivity index (χ0n) is 20.9. The number of rotatable bonds is 4. The minimum absolute atomic E-state index is 0.0107. The van der Waals surface area contributed by atoms with Crippen molar-refractivity contribution in [2.24, 2.45) is 15.9 Å². The van der Waals surface area contributed by atoms with Gasteiger partial charge in [0.2, 0.25) is 0 Å². The number of aliphatic imine (C=N–C) groups is 2. The standard InChI is InChI=1S/C29H38N2O2/c1-27(2,3)22-7-9-24(32)20(14-22)17-30-26-13-19-11-12-29(26,16-19)31-18-21-15-23(28(4,5)6)8-10-25(21)33/h7-10,14-15,17-19,26,32-33H,11-13,16H2,1-6H3. The molecule has 4 heteroatoms. The Morgan fingerprint density at radius 2 is 1.39 bits per heavy atom. The third-order valence-electron chi connectivity index (χ3n) is 7.45. The van der Waals surface area contributed by atoms with E-state index in [-0.39, 0.29) is 33.9 Å². The molecule has 176 valence electrons. The van der Waals surface area contributed by atoms with Crippen LogP contribution in [-0.2, 0) is 10.8 Å². The number of nitrogens with zero attached hydrogens (tertiary/aromatic N) is 2. The van der Waals surface area contributed by atoms with Gasteiger partial charge in [-0.2, -0.15) is 0 Å². The lowest BCUT2D eigenvalue weighted by molar-refractivity contribution is 0.367. The Morgan fingerprint density at radius 3 is 1.91 bits per heavy atom. The second kappa shape index (κ2) is 8.30. The maximum Gasteiger partial charge on any atom is 0.124 e. The largest absolute Gasteiger partial charge is 0.507 e. The first-order valence-electron chi connectivity index (χ1n) is 12.1. The van der Waals surface area contributed by atoms with Crippen molar-refractivity contribution in [3.63, 3.8) is 0 Å². The van der Waals surface area contributed by atoms with Crippen molar-refractivity contribution in [2.75, 3.05) is 0 Å². The zero-order valence-corrected chi connectivity index (χ0v) is 20.9. The van der Waals surface area contributed by atoms with E-state index in [2.05, 4.69) is 41.5 Å². The molecule has 2 N–H and O–H groups in total. The van der Waals surface area contributed by atoms with Crippen LogP contribution in [0.5, 0.6) is 11.5 Å². The van der Waals surface area contributed by atoms with Crippen LogP contribution in [0.2, 0.25) is 0 Å². The fourth-order valence-electron chi connectivity index (χ4n) is 5.22. The molecule has 2 aliphatic carbocycles. The van der Waals surface area contributed by atoms with Crippen molar-refractivity contribution in [2.45, 2.75) is 89.6 Å². The molecule has 4 nitrogen and oxygen atoms in total. The third kappa shape index (κ3) is 4.85. The van der Waals surface area contributed by atoms with Crippen LogP contribution < -0.4 is 0 Å². The average molecular weight is 447 g/mol. The van der Waals surface area contributed by atoms with Gasteiger partial charge in [0, 0.05) is 23.6 Å². The minimum Gasteiger partial charge on any atom is -0.507 e. The lowest BCUT2D eigenvalue weighted by Gasteiger charge is -2.29. The molecule has 33 heavy (non-hydrogen) atoms. The Hall–Kier alpha value is -2.62. The molecule has 2 aromatic rings. The summed E-state index contributed by atoms with van der Waals surface area (Å²) in [5.74, 6) is 1.17. The van der Waals surface area contributed by atoms with Crippen molar-refractivity contribution in [1.82, 2.24) is 0 Å². The Morgan fingerprint density at radius 1 is 0.848 bits per heavy atom. The van der Waals surface area contributed by atoms with E-state index in [4.69, 9.17) is 9.98 Å². The van der Waals surface area contributed by atoms with Crippen LogP contribution in [0.25, 0.3) is 0 Å². The summed E-state index contributed by atoms with van der Waals surface area (Å²) in [4.78, 5) is 10.0. The number of aromatic hydroxyl groups is 2. The molecule has 0 amide bonds. The number of phenols is 2. The minimum atomic E-state index is -0.220. The molecule has 2 aromatic carbocycles. The van der Waals surface area contributed by atoms with Gasteiger partial charge in [-0.25, -0.2) is 0 Å². The molecule has 0 radical (unpaired) electrons. The predicted octanol–water partition coefficient (Wildman–Crippen LogP) is 6.54. The molecule has 2 saturated carbocycles. The number of phenolic OH excluding ortho intramolecular Hbond substituents is 2. The van der Waals surface area contributed by atoms with Crippen LogP contribution in [-0.4, -0.2) is 34.2 Å². The highest BCUT2D eigenvalue weighted by molar-refractivity contribution is 5.85. The van der Waals surface area contributed by atoms with Gasteiger partial charge in [0.05, 0.1) is 11.6 Å². The monoisotopic (exact) mass is 446 g/mol. The van der Waals surface area contributed by atoms with E-state index in [1.165, 1.54) is 17.5 Å². The second-order valence-electron chi connectivity index (χ2n) is 12.0. The summed E-state index contributed by atoms with van der Waals surface area (Å²) in [5.41, 5.74) is 3.69. The highest BCUT2D eigenvalue weighted by Crippen LogP contribution is 2.51. The van der Waals surface area contributed by atoms with Crippen molar-refractivity contribution >= 4 is 12.4 Å². The smallest absolute Gasteiger partial charge is 0.124 e. The first kappa shape index (κ1) is 23.5. The summed E-state index contributed by atoms with van der Waals surface area (Å²) >= 11 is 0. The van der Waals surface area contributed by atoms with Gasteiger partial charge in [0.15, 0.2) is 0 Å². The summed E-state index contributed by atoms with van der Waals surface area (Å²) in [5, 5.41) is 20.8. The van der Waals surface area contributed by atoms with E-state index in [1.807, 2.05) is 36.7 Å². The Labute approximate surface area is 198 Å². The Kier molecular flexibility index (Phi) is 5.92. The first-order chi connectivity index (χ1) is 15.4. The SMILES string of the molecule is CC(C)(C)c1ccc(O)c(C=NC2CC3CCC2(N=Cc2cc(C(C)(C)C)ccc2O)C3)c1. The Balaban J connectivity index is 1.61. The van der Waals surface area contributed by atoms with Crippen LogP contribution >= 0.6 is 0 Å². The summed E-state index contributed by atoms with van der Waals surface area (Å²) < 4.78 is 0. The predicted molar refractivity (Wildman–Crippen MR) is 137 cm³/mol. The number of fused-ring (bicyclic) bond motifs is 2. The molecule has 0 aromatic heterocycles. The summed E-state index contributed by atoms with van der Waals surface area (Å²) in [6.07, 6.45) is 7.97. The van der Waals surface area contributed by atoms with Gasteiger partial charge in [-0.05, 0) is 77.8 Å². The highest BCUT2D eigenvalue weighted by atomic mass is 16.3. The van der Waals surface area contributed by atoms with Gasteiger partial charge in [-0.15, -0.1) is 0 Å². The number of benzene rings is 2. The average Bonchev–Trinajstić information content (AvgIpc) is 3.29. The van der Waals surface area contributed by atoms with Crippen molar-refractivity contribution in [3.05, 3.63) is 58.7 Å². The van der Waals surface area contributed by atoms with Crippen molar-refractivity contribution in [3.8, 4) is 11.5 Å². The quantitative estimate of drug-likeness (QED) is 0.524. The van der Waals surface area contributed by atoms with Crippen LogP contribution in [0.3, 0.4) is 0 Å². The van der Waals surface area contributed by atoms with E-state index in [9.17, 15) is 10.2 Å². The molecule has 3 unspecified atom stereocenters. The van der Waals surface area contributed by atoms with Gasteiger partial charge in [0.25, 0.3) is 0 Å². The van der Waals surface area contributed by atoms with Crippen LogP contribution in [0.4, 0.5) is 0 Å². The summed E-state index contributed by atoms with van der Waals surface area (Å²) in [7, 11) is 0. The highest BCUT2D eigenvalue weighted by Gasteiger charge is 2.52. The molecule has 3 atom stereocenters. The molecular formula is C29H38N2O2. The third-order valence-corrected chi connectivity index (χ3v) is 7.45. The van der Waals surface area contributed by atoms with Crippen LogP contribution in [0.15, 0.2) is 46.4 Å². The fraction of sp³-hybridized carbons (Fsp3) is 0.517. The van der Waals surface area contributed by atoms with Gasteiger partial charge in [-0.3, -0.25) is 9.98 Å². The van der Waals surface area contributed by atoms with E-state index in [0.29, 0.717) is 5.92 Å². The lowest BCUT2D eigenvalue weighted by Crippen LogP contribution is -2.34. The molecule has 2 fully saturated rings. The van der Waals surface area contributed by atoms with E-state index < -0.39 is 0 Å². The molecule has 0 spiro atoms. The van der Waals surface area contributed by atoms with Crippen LogP contribution in [0.1, 0.15) is 89.5 Å². The van der Waals surface area contributed by atoms with Gasteiger partial charge in [0.1, 0.15) is 11.5 Å². The lowest BCUT2D eigenvalue weighted by atomic mass is 9.86. The fourth-order valence-corrected chi connectivity index (χ4v) is 5.22. The molecule has 2 bridgehead atoms. The molecule has 4 rings (SSSR count). The number of hydrogen-bond acceptors (Lipinski definition) is 4. The van der Waals surface area contributed by atoms with Crippen molar-refractivity contribution in [1.29, 1.82) is 0 Å². The molecule has 0 heterocycles. The number of hydrogen-bond donors (Lipinski definition) is 2. The molecule has 0 saturated heterocycles. The van der Waals surface area contributed by atoms with E-state index in [0.717, 1.165) is 30.4 Å². The molecular weight excluding hydrogens is 408 g/mol. The van der Waals surface area contributed by atoms with E-state index >= 15 is 0 Å². The molecule has 2 aliphatic rings. The zero-order chi connectivity index (χ0) is 24.0. The van der Waals surface area contributed by atoms with Gasteiger partial charge in [-0.1, -0.05) is 53.7 Å². The van der Waals surface area contributed by atoms with Crippen LogP contribution in [0, 0.1) is 5.92 Å². The van der Waals surface area contributed by atoms with Gasteiger partial charge < -0.3 is 10.2 Å². The normalized spacial score (nSPS) is 25.5. The molecule has 0 aliphatic heterocycles. The maximum atomic E-state index is 10.4. The van der Waals surface area contributed by atoms with Gasteiger partial charge >= 0.3 is 0 Å². The topological polar surface area (TPSA) is 65.2 Å². The summed E-state index contributed by atoms with van der Waals surface area (Å²) in [6.45, 7) is 13.0. The van der Waals surface area contributed by atoms with Crippen molar-refractivity contribution < 1.29 is 10.2 Å². The second-order valence-corrected chi connectivity index (χ2v) is 12.0.